The highest BCUT2D eigenvalue weighted by atomic mass is 19.1. The molecule has 3 nitrogen and oxygen atoms in total. The van der Waals surface area contributed by atoms with Gasteiger partial charge in [0.25, 0.3) is 5.91 Å². The number of anilines is 1. The average Bonchev–Trinajstić information content (AvgIpc) is 2.53. The van der Waals surface area contributed by atoms with Gasteiger partial charge in [0, 0.05) is 6.08 Å². The molecule has 0 atom stereocenters. The predicted octanol–water partition coefficient (Wildman–Crippen LogP) is 3.57. The van der Waals surface area contributed by atoms with Gasteiger partial charge in [0.15, 0.2) is 0 Å². The van der Waals surface area contributed by atoms with E-state index in [0.29, 0.717) is 13.2 Å². The Morgan fingerprint density at radius 3 is 2.77 bits per heavy atom. The highest BCUT2D eigenvalue weighted by Gasteiger charge is 2.22. The number of aryl methyl sites for hydroxylation is 1. The SMILES string of the molecule is Cc1ccc2c(c1)N(C(=O)/C=C/c1ccc(F)cc1)CCO2. The molecule has 0 saturated carbocycles. The van der Waals surface area contributed by atoms with Crippen molar-refractivity contribution in [2.75, 3.05) is 18.1 Å². The van der Waals surface area contributed by atoms with Crippen LogP contribution in [0.3, 0.4) is 0 Å². The lowest BCUT2D eigenvalue weighted by molar-refractivity contribution is -0.114. The summed E-state index contributed by atoms with van der Waals surface area (Å²) in [6, 6.07) is 11.8. The normalized spacial score (nSPS) is 13.8. The topological polar surface area (TPSA) is 29.5 Å². The van der Waals surface area contributed by atoms with Gasteiger partial charge in [-0.3, -0.25) is 4.79 Å². The Morgan fingerprint density at radius 1 is 1.23 bits per heavy atom. The number of halogens is 1. The number of ether oxygens (including phenoxy) is 1. The second kappa shape index (κ2) is 6.02. The molecule has 0 spiro atoms. The number of nitrogens with zero attached hydrogens (tertiary/aromatic N) is 1. The molecule has 0 aliphatic carbocycles. The van der Waals surface area contributed by atoms with Gasteiger partial charge in [-0.25, -0.2) is 4.39 Å². The summed E-state index contributed by atoms with van der Waals surface area (Å²) in [6.07, 6.45) is 3.19. The Bertz CT molecular complexity index is 722. The number of fused-ring (bicyclic) bond motifs is 1. The van der Waals surface area contributed by atoms with Gasteiger partial charge in [-0.1, -0.05) is 18.2 Å². The molecule has 22 heavy (non-hydrogen) atoms. The van der Waals surface area contributed by atoms with E-state index >= 15 is 0 Å². The van der Waals surface area contributed by atoms with Crippen molar-refractivity contribution in [3.8, 4) is 5.75 Å². The van der Waals surface area contributed by atoms with E-state index < -0.39 is 0 Å². The molecule has 0 saturated heterocycles. The summed E-state index contributed by atoms with van der Waals surface area (Å²) in [6.45, 7) is 2.97. The third-order valence-corrected chi connectivity index (χ3v) is 3.53. The molecular weight excluding hydrogens is 281 g/mol. The molecule has 2 aromatic rings. The molecule has 1 amide bonds. The maximum absolute atomic E-state index is 12.9. The van der Waals surface area contributed by atoms with E-state index in [-0.39, 0.29) is 11.7 Å². The van der Waals surface area contributed by atoms with Gasteiger partial charge >= 0.3 is 0 Å². The van der Waals surface area contributed by atoms with Crippen molar-refractivity contribution in [3.05, 3.63) is 65.5 Å². The van der Waals surface area contributed by atoms with E-state index in [1.54, 1.807) is 23.1 Å². The maximum Gasteiger partial charge on any atom is 0.251 e. The quantitative estimate of drug-likeness (QED) is 0.793. The van der Waals surface area contributed by atoms with Crippen molar-refractivity contribution >= 4 is 17.7 Å². The third kappa shape index (κ3) is 3.01. The van der Waals surface area contributed by atoms with Gasteiger partial charge in [0.2, 0.25) is 0 Å². The molecule has 0 fully saturated rings. The molecule has 1 aliphatic rings. The van der Waals surface area contributed by atoms with Crippen LogP contribution in [0.1, 0.15) is 11.1 Å². The first-order valence-corrected chi connectivity index (χ1v) is 7.12. The molecule has 0 aromatic heterocycles. The van der Waals surface area contributed by atoms with Crippen LogP contribution in [0.4, 0.5) is 10.1 Å². The Morgan fingerprint density at radius 2 is 2.00 bits per heavy atom. The maximum atomic E-state index is 12.9. The summed E-state index contributed by atoms with van der Waals surface area (Å²) >= 11 is 0. The molecular formula is C18H16FNO2. The van der Waals surface area contributed by atoms with Crippen LogP contribution in [-0.4, -0.2) is 19.1 Å². The van der Waals surface area contributed by atoms with Crippen molar-refractivity contribution in [2.45, 2.75) is 6.92 Å². The lowest BCUT2D eigenvalue weighted by Crippen LogP contribution is -2.36. The molecule has 2 aromatic carbocycles. The number of carbonyl (C=O) groups is 1. The molecule has 0 unspecified atom stereocenters. The number of hydrogen-bond donors (Lipinski definition) is 0. The number of amides is 1. The zero-order valence-electron chi connectivity index (χ0n) is 12.3. The number of benzene rings is 2. The average molecular weight is 297 g/mol. The zero-order chi connectivity index (χ0) is 15.5. The van der Waals surface area contributed by atoms with Gasteiger partial charge < -0.3 is 9.64 Å². The highest BCUT2D eigenvalue weighted by molar-refractivity contribution is 6.05. The van der Waals surface area contributed by atoms with E-state index in [9.17, 15) is 9.18 Å². The second-order valence-electron chi connectivity index (χ2n) is 5.19. The molecule has 0 radical (unpaired) electrons. The lowest BCUT2D eigenvalue weighted by Gasteiger charge is -2.29. The Kier molecular flexibility index (Phi) is 3.92. The summed E-state index contributed by atoms with van der Waals surface area (Å²) in [5.41, 5.74) is 2.65. The molecule has 0 bridgehead atoms. The minimum Gasteiger partial charge on any atom is -0.490 e. The minimum absolute atomic E-state index is 0.112. The fourth-order valence-corrected chi connectivity index (χ4v) is 2.39. The standard InChI is InChI=1S/C18H16FNO2/c1-13-2-8-17-16(12-13)20(10-11-22-17)18(21)9-5-14-3-6-15(19)7-4-14/h2-9,12H,10-11H2,1H3/b9-5+. The van der Waals surface area contributed by atoms with Gasteiger partial charge in [-0.05, 0) is 48.4 Å². The van der Waals surface area contributed by atoms with Gasteiger partial charge in [0.05, 0.1) is 12.2 Å². The first-order valence-electron chi connectivity index (χ1n) is 7.12. The first kappa shape index (κ1) is 14.3. The third-order valence-electron chi connectivity index (χ3n) is 3.53. The molecule has 0 N–H and O–H groups in total. The van der Waals surface area contributed by atoms with Gasteiger partial charge in [0.1, 0.15) is 18.2 Å². The largest absolute Gasteiger partial charge is 0.490 e. The molecule has 112 valence electrons. The van der Waals surface area contributed by atoms with Crippen molar-refractivity contribution in [1.82, 2.24) is 0 Å². The van der Waals surface area contributed by atoms with E-state index in [1.165, 1.54) is 18.2 Å². The van der Waals surface area contributed by atoms with Crippen LogP contribution in [-0.2, 0) is 4.79 Å². The fraction of sp³-hybridized carbons (Fsp3) is 0.167. The van der Waals surface area contributed by atoms with E-state index in [1.807, 2.05) is 25.1 Å². The second-order valence-corrected chi connectivity index (χ2v) is 5.19. The molecule has 1 aliphatic heterocycles. The predicted molar refractivity (Wildman–Crippen MR) is 84.5 cm³/mol. The number of carbonyl (C=O) groups excluding carboxylic acids is 1. The summed E-state index contributed by atoms with van der Waals surface area (Å²) < 4.78 is 18.4. The van der Waals surface area contributed by atoms with Crippen molar-refractivity contribution in [2.24, 2.45) is 0 Å². The van der Waals surface area contributed by atoms with Crippen LogP contribution in [0.25, 0.3) is 6.08 Å². The van der Waals surface area contributed by atoms with Crippen LogP contribution < -0.4 is 9.64 Å². The summed E-state index contributed by atoms with van der Waals surface area (Å²) in [4.78, 5) is 14.1. The van der Waals surface area contributed by atoms with Crippen LogP contribution >= 0.6 is 0 Å². The fourth-order valence-electron chi connectivity index (χ4n) is 2.39. The van der Waals surface area contributed by atoms with Gasteiger partial charge in [-0.2, -0.15) is 0 Å². The van der Waals surface area contributed by atoms with Crippen LogP contribution in [0.15, 0.2) is 48.5 Å². The van der Waals surface area contributed by atoms with Crippen LogP contribution in [0.2, 0.25) is 0 Å². The molecule has 1 heterocycles. The molecule has 4 heteroatoms. The van der Waals surface area contributed by atoms with Crippen LogP contribution in [0, 0.1) is 12.7 Å². The number of hydrogen-bond acceptors (Lipinski definition) is 2. The lowest BCUT2D eigenvalue weighted by atomic mass is 10.1. The summed E-state index contributed by atoms with van der Waals surface area (Å²) in [7, 11) is 0. The smallest absolute Gasteiger partial charge is 0.251 e. The van der Waals surface area contributed by atoms with E-state index in [0.717, 1.165) is 22.6 Å². The van der Waals surface area contributed by atoms with Gasteiger partial charge in [-0.15, -0.1) is 0 Å². The van der Waals surface area contributed by atoms with Crippen molar-refractivity contribution in [1.29, 1.82) is 0 Å². The highest BCUT2D eigenvalue weighted by Crippen LogP contribution is 2.32. The zero-order valence-corrected chi connectivity index (χ0v) is 12.3. The Balaban J connectivity index is 1.81. The van der Waals surface area contributed by atoms with Crippen molar-refractivity contribution < 1.29 is 13.9 Å². The Labute approximate surface area is 128 Å². The molecule has 3 rings (SSSR count). The van der Waals surface area contributed by atoms with Crippen molar-refractivity contribution in [3.63, 3.8) is 0 Å². The Hall–Kier alpha value is -2.62. The summed E-state index contributed by atoms with van der Waals surface area (Å²) in [5, 5.41) is 0. The minimum atomic E-state index is -0.291. The number of rotatable bonds is 2. The summed E-state index contributed by atoms with van der Waals surface area (Å²) in [5.74, 6) is 0.320. The van der Waals surface area contributed by atoms with Crippen LogP contribution in [0.5, 0.6) is 5.75 Å². The van der Waals surface area contributed by atoms with E-state index in [4.69, 9.17) is 4.74 Å². The monoisotopic (exact) mass is 297 g/mol. The first-order chi connectivity index (χ1) is 10.6. The van der Waals surface area contributed by atoms with E-state index in [2.05, 4.69) is 0 Å².